The fourth-order valence-electron chi connectivity index (χ4n) is 1.29. The first-order chi connectivity index (χ1) is 7.44. The Hall–Kier alpha value is -0.920. The Morgan fingerprint density at radius 1 is 1.31 bits per heavy atom. The van der Waals surface area contributed by atoms with Crippen LogP contribution in [-0.4, -0.2) is 62.1 Å². The summed E-state index contributed by atoms with van der Waals surface area (Å²) in [5, 5.41) is 6.14. The Bertz CT molecular complexity index is 399. The van der Waals surface area contributed by atoms with Crippen molar-refractivity contribution >= 4 is 10.0 Å². The number of nitrogens with zero attached hydrogens (tertiary/aromatic N) is 3. The minimum absolute atomic E-state index is 0.208. The standard InChI is InChI=1S/C9H18N4O2S/c1-12(2)5-4-6-13(3)16(14,15)9-7-10-11-8-9/h7-8H,4-6H2,1-3H3,(H,10,11). The normalized spacial score (nSPS) is 12.6. The second kappa shape index (κ2) is 5.42. The summed E-state index contributed by atoms with van der Waals surface area (Å²) in [6.45, 7) is 1.37. The summed E-state index contributed by atoms with van der Waals surface area (Å²) in [5.74, 6) is 0. The molecule has 0 fully saturated rings. The first-order valence-corrected chi connectivity index (χ1v) is 6.48. The summed E-state index contributed by atoms with van der Waals surface area (Å²) >= 11 is 0. The number of hydrogen-bond donors (Lipinski definition) is 1. The van der Waals surface area contributed by atoms with E-state index in [0.717, 1.165) is 13.0 Å². The van der Waals surface area contributed by atoms with Gasteiger partial charge >= 0.3 is 0 Å². The lowest BCUT2D eigenvalue weighted by molar-refractivity contribution is 0.370. The first-order valence-electron chi connectivity index (χ1n) is 5.04. The summed E-state index contributed by atoms with van der Waals surface area (Å²) < 4.78 is 25.2. The molecule has 1 N–H and O–H groups in total. The monoisotopic (exact) mass is 246 g/mol. The number of rotatable bonds is 6. The lowest BCUT2D eigenvalue weighted by atomic mass is 10.4. The van der Waals surface area contributed by atoms with Gasteiger partial charge in [-0.15, -0.1) is 0 Å². The van der Waals surface area contributed by atoms with E-state index in [9.17, 15) is 8.42 Å². The van der Waals surface area contributed by atoms with Gasteiger partial charge in [-0.3, -0.25) is 5.10 Å². The maximum atomic E-state index is 11.9. The number of aromatic amines is 1. The Morgan fingerprint density at radius 3 is 2.50 bits per heavy atom. The van der Waals surface area contributed by atoms with Crippen molar-refractivity contribution in [3.8, 4) is 0 Å². The highest BCUT2D eigenvalue weighted by Gasteiger charge is 2.20. The van der Waals surface area contributed by atoms with E-state index >= 15 is 0 Å². The quantitative estimate of drug-likeness (QED) is 0.766. The van der Waals surface area contributed by atoms with E-state index in [-0.39, 0.29) is 4.90 Å². The number of sulfonamides is 1. The van der Waals surface area contributed by atoms with Gasteiger partial charge < -0.3 is 4.90 Å². The van der Waals surface area contributed by atoms with Crippen molar-refractivity contribution in [3.63, 3.8) is 0 Å². The summed E-state index contributed by atoms with van der Waals surface area (Å²) in [5.41, 5.74) is 0. The predicted octanol–water partition coefficient (Wildman–Crippen LogP) is -0.0181. The molecule has 0 atom stereocenters. The van der Waals surface area contributed by atoms with Gasteiger partial charge in [0, 0.05) is 19.8 Å². The van der Waals surface area contributed by atoms with Crippen LogP contribution in [0.4, 0.5) is 0 Å². The third kappa shape index (κ3) is 3.29. The number of H-pyrrole nitrogens is 1. The van der Waals surface area contributed by atoms with Crippen LogP contribution in [0.5, 0.6) is 0 Å². The van der Waals surface area contributed by atoms with Crippen molar-refractivity contribution in [2.45, 2.75) is 11.3 Å². The Morgan fingerprint density at radius 2 is 2.00 bits per heavy atom. The molecule has 0 saturated heterocycles. The van der Waals surface area contributed by atoms with E-state index in [2.05, 4.69) is 10.2 Å². The zero-order valence-corrected chi connectivity index (χ0v) is 10.7. The molecule has 6 nitrogen and oxygen atoms in total. The lowest BCUT2D eigenvalue weighted by Gasteiger charge is -2.17. The molecule has 1 heterocycles. The van der Waals surface area contributed by atoms with Crippen molar-refractivity contribution in [2.75, 3.05) is 34.2 Å². The molecule has 0 bridgehead atoms. The van der Waals surface area contributed by atoms with Gasteiger partial charge in [-0.1, -0.05) is 0 Å². The second-order valence-corrected chi connectivity index (χ2v) is 5.96. The van der Waals surface area contributed by atoms with Gasteiger partial charge in [-0.25, -0.2) is 12.7 Å². The molecule has 1 aromatic rings. The molecule has 1 rings (SSSR count). The van der Waals surface area contributed by atoms with E-state index < -0.39 is 10.0 Å². The molecule has 0 saturated carbocycles. The molecule has 0 aliphatic carbocycles. The molecule has 0 amide bonds. The number of hydrogen-bond acceptors (Lipinski definition) is 4. The van der Waals surface area contributed by atoms with Gasteiger partial charge in [0.1, 0.15) is 4.90 Å². The molecule has 0 aliphatic rings. The molecule has 0 unspecified atom stereocenters. The maximum Gasteiger partial charge on any atom is 0.245 e. The fraction of sp³-hybridized carbons (Fsp3) is 0.667. The molecule has 0 aromatic carbocycles. The summed E-state index contributed by atoms with van der Waals surface area (Å²) in [6.07, 6.45) is 3.51. The third-order valence-electron chi connectivity index (χ3n) is 2.26. The molecule has 92 valence electrons. The van der Waals surface area contributed by atoms with E-state index in [1.54, 1.807) is 7.05 Å². The molecule has 1 aromatic heterocycles. The molecule has 0 spiro atoms. The SMILES string of the molecule is CN(C)CCCN(C)S(=O)(=O)c1cn[nH]c1. The highest BCUT2D eigenvalue weighted by atomic mass is 32.2. The van der Waals surface area contributed by atoms with Gasteiger partial charge in [-0.2, -0.15) is 5.10 Å². The van der Waals surface area contributed by atoms with Gasteiger partial charge in [0.05, 0.1) is 6.20 Å². The zero-order chi connectivity index (χ0) is 12.2. The van der Waals surface area contributed by atoms with Gasteiger partial charge in [0.25, 0.3) is 0 Å². The smallest absolute Gasteiger partial charge is 0.245 e. The number of aromatic nitrogens is 2. The van der Waals surface area contributed by atoms with Crippen molar-refractivity contribution in [3.05, 3.63) is 12.4 Å². The average molecular weight is 246 g/mol. The van der Waals surface area contributed by atoms with E-state index in [1.165, 1.54) is 16.7 Å². The minimum Gasteiger partial charge on any atom is -0.309 e. The molecule has 0 radical (unpaired) electrons. The Balaban J connectivity index is 2.57. The fourth-order valence-corrected chi connectivity index (χ4v) is 2.41. The molecule has 0 aliphatic heterocycles. The van der Waals surface area contributed by atoms with Gasteiger partial charge in [-0.05, 0) is 27.1 Å². The highest BCUT2D eigenvalue weighted by Crippen LogP contribution is 2.11. The van der Waals surface area contributed by atoms with Crippen molar-refractivity contribution in [2.24, 2.45) is 0 Å². The van der Waals surface area contributed by atoms with Gasteiger partial charge in [0.15, 0.2) is 0 Å². The molecular formula is C9H18N4O2S. The van der Waals surface area contributed by atoms with Crippen LogP contribution in [0.25, 0.3) is 0 Å². The van der Waals surface area contributed by atoms with E-state index in [1.807, 2.05) is 19.0 Å². The Kier molecular flexibility index (Phi) is 4.45. The summed E-state index contributed by atoms with van der Waals surface area (Å²) in [6, 6.07) is 0. The van der Waals surface area contributed by atoms with Crippen LogP contribution in [0.2, 0.25) is 0 Å². The van der Waals surface area contributed by atoms with Crippen LogP contribution in [0, 0.1) is 0 Å². The molecule has 7 heteroatoms. The largest absolute Gasteiger partial charge is 0.309 e. The van der Waals surface area contributed by atoms with Gasteiger partial charge in [0.2, 0.25) is 10.0 Å². The third-order valence-corrected chi connectivity index (χ3v) is 4.08. The van der Waals surface area contributed by atoms with Crippen molar-refractivity contribution in [1.82, 2.24) is 19.4 Å². The van der Waals surface area contributed by atoms with Crippen molar-refractivity contribution < 1.29 is 8.42 Å². The van der Waals surface area contributed by atoms with Crippen molar-refractivity contribution in [1.29, 1.82) is 0 Å². The summed E-state index contributed by atoms with van der Waals surface area (Å²) in [7, 11) is 2.13. The first kappa shape index (κ1) is 13.1. The average Bonchev–Trinajstić information content (AvgIpc) is 2.69. The van der Waals surface area contributed by atoms with E-state index in [4.69, 9.17) is 0 Å². The van der Waals surface area contributed by atoms with Crippen LogP contribution >= 0.6 is 0 Å². The van der Waals surface area contributed by atoms with Crippen LogP contribution in [-0.2, 0) is 10.0 Å². The van der Waals surface area contributed by atoms with Crippen LogP contribution in [0.15, 0.2) is 17.3 Å². The maximum absolute atomic E-state index is 11.9. The second-order valence-electron chi connectivity index (χ2n) is 3.92. The predicted molar refractivity (Wildman–Crippen MR) is 61.6 cm³/mol. The molecular weight excluding hydrogens is 228 g/mol. The number of nitrogens with one attached hydrogen (secondary N) is 1. The highest BCUT2D eigenvalue weighted by molar-refractivity contribution is 7.89. The zero-order valence-electron chi connectivity index (χ0n) is 9.84. The van der Waals surface area contributed by atoms with Crippen LogP contribution in [0.1, 0.15) is 6.42 Å². The van der Waals surface area contributed by atoms with Crippen LogP contribution < -0.4 is 0 Å². The van der Waals surface area contributed by atoms with E-state index in [0.29, 0.717) is 6.54 Å². The Labute approximate surface area is 96.3 Å². The summed E-state index contributed by atoms with van der Waals surface area (Å²) in [4.78, 5) is 2.23. The lowest BCUT2D eigenvalue weighted by Crippen LogP contribution is -2.29. The topological polar surface area (TPSA) is 69.3 Å². The van der Waals surface area contributed by atoms with Crippen LogP contribution in [0.3, 0.4) is 0 Å². The minimum atomic E-state index is -3.37. The molecule has 16 heavy (non-hydrogen) atoms.